The molecule has 0 aliphatic carbocycles. The summed E-state index contributed by atoms with van der Waals surface area (Å²) >= 11 is 0. The van der Waals surface area contributed by atoms with E-state index < -0.39 is 23.9 Å². The molecular weight excluding hydrogens is 552 g/mol. The summed E-state index contributed by atoms with van der Waals surface area (Å²) in [4.78, 5) is 42.2. The first kappa shape index (κ1) is 32.0. The zero-order chi connectivity index (χ0) is 31.1. The van der Waals surface area contributed by atoms with E-state index in [9.17, 15) is 14.4 Å². The van der Waals surface area contributed by atoms with Gasteiger partial charge in [0.15, 0.2) is 0 Å². The molecule has 0 aliphatic heterocycles. The molecule has 4 aromatic carbocycles. The number of carbonyl (C=O) groups is 3. The fourth-order valence-corrected chi connectivity index (χ4v) is 4.66. The van der Waals surface area contributed by atoms with E-state index in [0.717, 1.165) is 34.4 Å². The first-order valence-corrected chi connectivity index (χ1v) is 15.0. The Morgan fingerprint density at radius 3 is 2.02 bits per heavy atom. The molecule has 0 aliphatic rings. The van der Waals surface area contributed by atoms with Gasteiger partial charge in [0, 0.05) is 31.6 Å². The maximum Gasteiger partial charge on any atom is 0.324 e. The van der Waals surface area contributed by atoms with Gasteiger partial charge in [-0.2, -0.15) is 0 Å². The number of hydrogen-bond acceptors (Lipinski definition) is 5. The molecule has 4 amide bonds. The third-order valence-electron chi connectivity index (χ3n) is 7.16. The lowest BCUT2D eigenvalue weighted by molar-refractivity contribution is -0.130. The lowest BCUT2D eigenvalue weighted by Crippen LogP contribution is -2.54. The van der Waals surface area contributed by atoms with Gasteiger partial charge in [-0.15, -0.1) is 0 Å². The molecule has 4 rings (SSSR count). The largest absolute Gasteiger partial charge is 0.494 e. The van der Waals surface area contributed by atoms with Crippen molar-refractivity contribution in [2.75, 3.05) is 13.2 Å². The van der Waals surface area contributed by atoms with Gasteiger partial charge in [-0.1, -0.05) is 91.9 Å². The Bertz CT molecular complexity index is 1480. The minimum absolute atomic E-state index is 0.141. The summed E-state index contributed by atoms with van der Waals surface area (Å²) in [5.41, 5.74) is 9.81. The molecule has 228 valence electrons. The molecule has 8 heteroatoms. The molecule has 0 spiro atoms. The molecule has 4 aromatic rings. The van der Waals surface area contributed by atoms with Crippen LogP contribution in [0.4, 0.5) is 4.79 Å². The topological polar surface area (TPSA) is 114 Å². The van der Waals surface area contributed by atoms with Crippen LogP contribution >= 0.6 is 0 Å². The first-order valence-electron chi connectivity index (χ1n) is 15.0. The number of carbonyl (C=O) groups excluding carboxylic acids is 3. The second-order valence-electron chi connectivity index (χ2n) is 10.5. The van der Waals surface area contributed by atoms with Crippen LogP contribution in [0.3, 0.4) is 0 Å². The Morgan fingerprint density at radius 2 is 1.39 bits per heavy atom. The van der Waals surface area contributed by atoms with Crippen LogP contribution in [0.5, 0.6) is 5.75 Å². The third-order valence-corrected chi connectivity index (χ3v) is 7.16. The van der Waals surface area contributed by atoms with Gasteiger partial charge in [0.05, 0.1) is 6.61 Å². The van der Waals surface area contributed by atoms with Crippen molar-refractivity contribution in [3.8, 4) is 5.75 Å². The van der Waals surface area contributed by atoms with Crippen molar-refractivity contribution in [3.05, 3.63) is 137 Å². The Balaban J connectivity index is 1.57. The van der Waals surface area contributed by atoms with Crippen molar-refractivity contribution in [3.63, 3.8) is 0 Å². The lowest BCUT2D eigenvalue weighted by Gasteiger charge is -2.27. The van der Waals surface area contributed by atoms with Crippen LogP contribution in [-0.4, -0.2) is 41.9 Å². The van der Waals surface area contributed by atoms with Crippen LogP contribution in [0.1, 0.15) is 46.0 Å². The van der Waals surface area contributed by atoms with Gasteiger partial charge in [-0.25, -0.2) is 4.79 Å². The van der Waals surface area contributed by atoms with Crippen LogP contribution < -0.4 is 21.1 Å². The van der Waals surface area contributed by atoms with E-state index >= 15 is 0 Å². The fourth-order valence-electron chi connectivity index (χ4n) is 4.66. The van der Waals surface area contributed by atoms with Gasteiger partial charge >= 0.3 is 6.03 Å². The normalized spacial score (nSPS) is 11.3. The molecule has 44 heavy (non-hydrogen) atoms. The van der Waals surface area contributed by atoms with Crippen LogP contribution in [0.2, 0.25) is 0 Å². The standard InChI is InChI=1S/C36H40N4O4/c1-2-23-44-32-19-17-28(18-20-32)24-33(39-34(41)31-11-7-4-8-12-31)35(42)40(22-21-27-9-5-3-6-10-27)36(43)38-26-30-15-13-29(25-37)14-16-30/h3-20,33H,2,21-26,37H2,1H3,(H,38,43)(H,39,41)/t33-/m1/s1. The number of nitrogens with one attached hydrogen (secondary N) is 2. The summed E-state index contributed by atoms with van der Waals surface area (Å²) in [6, 6.07) is 31.9. The van der Waals surface area contributed by atoms with Gasteiger partial charge in [0.1, 0.15) is 11.8 Å². The van der Waals surface area contributed by atoms with E-state index in [1.165, 1.54) is 4.90 Å². The molecule has 1 atom stereocenters. The Morgan fingerprint density at radius 1 is 0.773 bits per heavy atom. The Labute approximate surface area is 259 Å². The number of rotatable bonds is 14. The second-order valence-corrected chi connectivity index (χ2v) is 10.5. The molecule has 0 fully saturated rings. The van der Waals surface area contributed by atoms with Crippen molar-refractivity contribution >= 4 is 17.8 Å². The van der Waals surface area contributed by atoms with Crippen LogP contribution in [-0.2, 0) is 30.7 Å². The summed E-state index contributed by atoms with van der Waals surface area (Å²) in [6.45, 7) is 3.45. The summed E-state index contributed by atoms with van der Waals surface area (Å²) in [6.07, 6.45) is 1.55. The molecular formula is C36H40N4O4. The molecule has 8 nitrogen and oxygen atoms in total. The van der Waals surface area contributed by atoms with Crippen LogP contribution in [0.15, 0.2) is 109 Å². The van der Waals surface area contributed by atoms with Gasteiger partial charge in [-0.3, -0.25) is 14.5 Å². The summed E-state index contributed by atoms with van der Waals surface area (Å²) in [7, 11) is 0. The number of hydrogen-bond donors (Lipinski definition) is 3. The number of amides is 4. The van der Waals surface area contributed by atoms with Gasteiger partial charge in [-0.05, 0) is 59.4 Å². The van der Waals surface area contributed by atoms with E-state index in [0.29, 0.717) is 25.1 Å². The smallest absolute Gasteiger partial charge is 0.324 e. The number of ether oxygens (including phenoxy) is 1. The predicted molar refractivity (Wildman–Crippen MR) is 172 cm³/mol. The highest BCUT2D eigenvalue weighted by molar-refractivity contribution is 6.01. The second kappa shape index (κ2) is 16.6. The van der Waals surface area contributed by atoms with Crippen molar-refractivity contribution in [1.82, 2.24) is 15.5 Å². The lowest BCUT2D eigenvalue weighted by atomic mass is 10.0. The monoisotopic (exact) mass is 592 g/mol. The average Bonchev–Trinajstić information content (AvgIpc) is 3.07. The highest BCUT2D eigenvalue weighted by Gasteiger charge is 2.30. The third kappa shape index (κ3) is 9.54. The van der Waals surface area contributed by atoms with E-state index in [4.69, 9.17) is 10.5 Å². The van der Waals surface area contributed by atoms with Gasteiger partial charge in [0.2, 0.25) is 0 Å². The van der Waals surface area contributed by atoms with E-state index in [1.807, 2.05) is 91.9 Å². The molecule has 0 saturated carbocycles. The molecule has 0 heterocycles. The van der Waals surface area contributed by atoms with Crippen LogP contribution in [0, 0.1) is 0 Å². The zero-order valence-electron chi connectivity index (χ0n) is 25.1. The van der Waals surface area contributed by atoms with Crippen molar-refractivity contribution in [2.24, 2.45) is 5.73 Å². The summed E-state index contributed by atoms with van der Waals surface area (Å²) in [5, 5.41) is 5.79. The first-order chi connectivity index (χ1) is 21.5. The maximum atomic E-state index is 14.2. The highest BCUT2D eigenvalue weighted by atomic mass is 16.5. The number of imide groups is 1. The van der Waals surface area contributed by atoms with Crippen molar-refractivity contribution in [1.29, 1.82) is 0 Å². The zero-order valence-corrected chi connectivity index (χ0v) is 25.1. The number of urea groups is 1. The Hall–Kier alpha value is -4.95. The molecule has 0 saturated heterocycles. The van der Waals surface area contributed by atoms with Crippen LogP contribution in [0.25, 0.3) is 0 Å². The van der Waals surface area contributed by atoms with Crippen molar-refractivity contribution in [2.45, 2.75) is 45.3 Å². The highest BCUT2D eigenvalue weighted by Crippen LogP contribution is 2.16. The predicted octanol–water partition coefficient (Wildman–Crippen LogP) is 5.26. The van der Waals surface area contributed by atoms with Gasteiger partial charge in [0.25, 0.3) is 11.8 Å². The molecule has 0 bridgehead atoms. The van der Waals surface area contributed by atoms with E-state index in [2.05, 4.69) is 10.6 Å². The molecule has 0 radical (unpaired) electrons. The summed E-state index contributed by atoms with van der Waals surface area (Å²) in [5.74, 6) is -0.155. The van der Waals surface area contributed by atoms with E-state index in [-0.39, 0.29) is 19.5 Å². The van der Waals surface area contributed by atoms with Crippen molar-refractivity contribution < 1.29 is 19.1 Å². The quantitative estimate of drug-likeness (QED) is 0.185. The fraction of sp³-hybridized carbons (Fsp3) is 0.250. The van der Waals surface area contributed by atoms with Gasteiger partial charge < -0.3 is 21.1 Å². The minimum Gasteiger partial charge on any atom is -0.494 e. The minimum atomic E-state index is -0.990. The molecule has 0 unspecified atom stereocenters. The SMILES string of the molecule is CCCOc1ccc(C[C@@H](NC(=O)c2ccccc2)C(=O)N(CCc2ccccc2)C(=O)NCc2ccc(CN)cc2)cc1. The Kier molecular flexibility index (Phi) is 12.1. The number of nitrogens with two attached hydrogens (primary N) is 1. The maximum absolute atomic E-state index is 14.2. The summed E-state index contributed by atoms with van der Waals surface area (Å²) < 4.78 is 5.70. The number of benzene rings is 4. The number of nitrogens with zero attached hydrogens (tertiary/aromatic N) is 1. The molecule has 4 N–H and O–H groups in total. The molecule has 0 aromatic heterocycles. The average molecular weight is 593 g/mol. The van der Waals surface area contributed by atoms with E-state index in [1.54, 1.807) is 24.3 Å².